The SMILES string of the molecule is Cc1ccc(-c2csc(C(N)=O)n2)cc1C. The summed E-state index contributed by atoms with van der Waals surface area (Å²) in [5.41, 5.74) is 9.45. The van der Waals surface area contributed by atoms with Crippen LogP contribution in [0, 0.1) is 13.8 Å². The van der Waals surface area contributed by atoms with Gasteiger partial charge in [-0.2, -0.15) is 0 Å². The minimum absolute atomic E-state index is 0.355. The molecule has 1 heterocycles. The van der Waals surface area contributed by atoms with Crippen LogP contribution in [-0.4, -0.2) is 10.9 Å². The second-order valence-corrected chi connectivity index (χ2v) is 4.56. The second-order valence-electron chi connectivity index (χ2n) is 3.70. The molecule has 2 aromatic rings. The third-order valence-corrected chi connectivity index (χ3v) is 3.37. The Kier molecular flexibility index (Phi) is 2.75. The Balaban J connectivity index is 2.42. The van der Waals surface area contributed by atoms with E-state index in [9.17, 15) is 4.79 Å². The van der Waals surface area contributed by atoms with E-state index in [1.165, 1.54) is 22.5 Å². The summed E-state index contributed by atoms with van der Waals surface area (Å²) in [6.45, 7) is 4.12. The number of carbonyl (C=O) groups excluding carboxylic acids is 1. The lowest BCUT2D eigenvalue weighted by Gasteiger charge is -2.02. The number of rotatable bonds is 2. The lowest BCUT2D eigenvalue weighted by molar-refractivity contribution is 0.1000. The van der Waals surface area contributed by atoms with Gasteiger partial charge in [0, 0.05) is 10.9 Å². The molecule has 3 nitrogen and oxygen atoms in total. The first kappa shape index (κ1) is 10.8. The van der Waals surface area contributed by atoms with Crippen molar-refractivity contribution in [2.75, 3.05) is 0 Å². The number of hydrogen-bond acceptors (Lipinski definition) is 3. The fraction of sp³-hybridized carbons (Fsp3) is 0.167. The number of carbonyl (C=O) groups is 1. The van der Waals surface area contributed by atoms with Gasteiger partial charge in [-0.1, -0.05) is 12.1 Å². The largest absolute Gasteiger partial charge is 0.364 e. The summed E-state index contributed by atoms with van der Waals surface area (Å²) in [4.78, 5) is 15.1. The van der Waals surface area contributed by atoms with Gasteiger partial charge in [0.15, 0.2) is 5.01 Å². The van der Waals surface area contributed by atoms with Gasteiger partial charge in [0.2, 0.25) is 0 Å². The molecule has 0 fully saturated rings. The molecule has 0 saturated carbocycles. The highest BCUT2D eigenvalue weighted by molar-refractivity contribution is 7.12. The predicted octanol–water partition coefficient (Wildman–Crippen LogP) is 2.53. The van der Waals surface area contributed by atoms with E-state index in [2.05, 4.69) is 24.9 Å². The highest BCUT2D eigenvalue weighted by Crippen LogP contribution is 2.23. The van der Waals surface area contributed by atoms with E-state index < -0.39 is 5.91 Å². The molecule has 0 unspecified atom stereocenters. The Morgan fingerprint density at radius 1 is 1.31 bits per heavy atom. The number of thiazole rings is 1. The molecule has 1 aromatic carbocycles. The lowest BCUT2D eigenvalue weighted by Crippen LogP contribution is -2.10. The number of nitrogens with two attached hydrogens (primary N) is 1. The third-order valence-electron chi connectivity index (χ3n) is 2.52. The molecule has 0 spiro atoms. The Hall–Kier alpha value is -1.68. The monoisotopic (exact) mass is 232 g/mol. The summed E-state index contributed by atoms with van der Waals surface area (Å²) >= 11 is 1.28. The molecule has 0 bridgehead atoms. The Morgan fingerprint density at radius 3 is 2.62 bits per heavy atom. The number of aromatic nitrogens is 1. The van der Waals surface area contributed by atoms with Gasteiger partial charge >= 0.3 is 0 Å². The van der Waals surface area contributed by atoms with E-state index in [0.717, 1.165) is 11.3 Å². The van der Waals surface area contributed by atoms with Crippen molar-refractivity contribution in [2.24, 2.45) is 5.73 Å². The first-order valence-electron chi connectivity index (χ1n) is 4.91. The number of primary amides is 1. The quantitative estimate of drug-likeness (QED) is 0.865. The second kappa shape index (κ2) is 4.06. The van der Waals surface area contributed by atoms with E-state index >= 15 is 0 Å². The van der Waals surface area contributed by atoms with Crippen molar-refractivity contribution in [3.63, 3.8) is 0 Å². The highest BCUT2D eigenvalue weighted by Gasteiger charge is 2.08. The molecule has 0 aliphatic heterocycles. The van der Waals surface area contributed by atoms with Crippen molar-refractivity contribution < 1.29 is 4.79 Å². The van der Waals surface area contributed by atoms with Crippen molar-refractivity contribution >= 4 is 17.2 Å². The number of hydrogen-bond donors (Lipinski definition) is 1. The van der Waals surface area contributed by atoms with Crippen LogP contribution in [0.2, 0.25) is 0 Å². The van der Waals surface area contributed by atoms with Crippen LogP contribution in [0.25, 0.3) is 11.3 Å². The summed E-state index contributed by atoms with van der Waals surface area (Å²) in [5.74, 6) is -0.472. The summed E-state index contributed by atoms with van der Waals surface area (Å²) < 4.78 is 0. The fourth-order valence-corrected chi connectivity index (χ4v) is 2.10. The maximum atomic E-state index is 10.9. The Bertz CT molecular complexity index is 546. The number of aryl methyl sites for hydroxylation is 2. The van der Waals surface area contributed by atoms with Crippen molar-refractivity contribution in [1.29, 1.82) is 0 Å². The molecule has 1 aromatic heterocycles. The van der Waals surface area contributed by atoms with E-state index in [4.69, 9.17) is 5.73 Å². The van der Waals surface area contributed by atoms with Crippen molar-refractivity contribution in [1.82, 2.24) is 4.98 Å². The van der Waals surface area contributed by atoms with Gasteiger partial charge in [0.05, 0.1) is 5.69 Å². The van der Waals surface area contributed by atoms with Gasteiger partial charge in [-0.25, -0.2) is 4.98 Å². The maximum absolute atomic E-state index is 10.9. The predicted molar refractivity (Wildman–Crippen MR) is 65.5 cm³/mol. The number of nitrogens with zero attached hydrogens (tertiary/aromatic N) is 1. The first-order valence-corrected chi connectivity index (χ1v) is 5.79. The standard InChI is InChI=1S/C12H12N2OS/c1-7-3-4-9(5-8(7)2)10-6-16-12(14-10)11(13)15/h3-6H,1-2H3,(H2,13,15). The summed E-state index contributed by atoms with van der Waals surface area (Å²) in [5, 5.41) is 2.21. The zero-order valence-electron chi connectivity index (χ0n) is 9.15. The first-order chi connectivity index (χ1) is 7.58. The van der Waals surface area contributed by atoms with E-state index in [1.54, 1.807) is 0 Å². The van der Waals surface area contributed by atoms with Gasteiger partial charge in [-0.05, 0) is 31.0 Å². The summed E-state index contributed by atoms with van der Waals surface area (Å²) in [7, 11) is 0. The van der Waals surface area contributed by atoms with Gasteiger partial charge in [-0.3, -0.25) is 4.79 Å². The van der Waals surface area contributed by atoms with E-state index in [0.29, 0.717) is 5.01 Å². The van der Waals surface area contributed by atoms with Gasteiger partial charge in [0.25, 0.3) is 5.91 Å². The normalized spacial score (nSPS) is 10.4. The van der Waals surface area contributed by atoms with Crippen molar-refractivity contribution in [2.45, 2.75) is 13.8 Å². The van der Waals surface area contributed by atoms with Crippen LogP contribution in [0.1, 0.15) is 20.9 Å². The summed E-state index contributed by atoms with van der Waals surface area (Å²) in [6, 6.07) is 6.12. The van der Waals surface area contributed by atoms with Crippen LogP contribution < -0.4 is 5.73 Å². The molecule has 4 heteroatoms. The molecule has 0 aliphatic carbocycles. The average Bonchev–Trinajstić information content (AvgIpc) is 2.71. The Labute approximate surface area is 97.9 Å². The topological polar surface area (TPSA) is 56.0 Å². The molecular weight excluding hydrogens is 220 g/mol. The van der Waals surface area contributed by atoms with Crippen LogP contribution in [0.15, 0.2) is 23.6 Å². The highest BCUT2D eigenvalue weighted by atomic mass is 32.1. The number of benzene rings is 1. The van der Waals surface area contributed by atoms with E-state index in [1.807, 2.05) is 17.5 Å². The number of amides is 1. The van der Waals surface area contributed by atoms with Gasteiger partial charge < -0.3 is 5.73 Å². The van der Waals surface area contributed by atoms with Crippen molar-refractivity contribution in [3.8, 4) is 11.3 Å². The van der Waals surface area contributed by atoms with Crippen LogP contribution >= 0.6 is 11.3 Å². The van der Waals surface area contributed by atoms with Crippen LogP contribution in [0.5, 0.6) is 0 Å². The summed E-state index contributed by atoms with van der Waals surface area (Å²) in [6.07, 6.45) is 0. The molecule has 0 aliphatic rings. The van der Waals surface area contributed by atoms with Gasteiger partial charge in [0.1, 0.15) is 0 Å². The molecule has 0 atom stereocenters. The zero-order chi connectivity index (χ0) is 11.7. The van der Waals surface area contributed by atoms with Crippen molar-refractivity contribution in [3.05, 3.63) is 39.7 Å². The zero-order valence-corrected chi connectivity index (χ0v) is 9.97. The smallest absolute Gasteiger partial charge is 0.277 e. The minimum Gasteiger partial charge on any atom is -0.364 e. The third kappa shape index (κ3) is 1.97. The lowest BCUT2D eigenvalue weighted by atomic mass is 10.1. The molecule has 0 radical (unpaired) electrons. The van der Waals surface area contributed by atoms with Crippen LogP contribution in [0.3, 0.4) is 0 Å². The molecule has 16 heavy (non-hydrogen) atoms. The maximum Gasteiger partial charge on any atom is 0.277 e. The molecular formula is C12H12N2OS. The minimum atomic E-state index is -0.472. The fourth-order valence-electron chi connectivity index (χ4n) is 1.42. The van der Waals surface area contributed by atoms with Crippen LogP contribution in [-0.2, 0) is 0 Å². The van der Waals surface area contributed by atoms with Gasteiger partial charge in [-0.15, -0.1) is 11.3 Å². The molecule has 2 rings (SSSR count). The van der Waals surface area contributed by atoms with E-state index in [-0.39, 0.29) is 0 Å². The molecule has 82 valence electrons. The Morgan fingerprint density at radius 2 is 2.06 bits per heavy atom. The average molecular weight is 232 g/mol. The molecule has 0 saturated heterocycles. The molecule has 2 N–H and O–H groups in total. The molecule has 1 amide bonds. The van der Waals surface area contributed by atoms with Crippen LogP contribution in [0.4, 0.5) is 0 Å².